The van der Waals surface area contributed by atoms with Crippen molar-refractivity contribution >= 4 is 5.91 Å². The summed E-state index contributed by atoms with van der Waals surface area (Å²) in [6, 6.07) is 3.72. The van der Waals surface area contributed by atoms with E-state index in [1.807, 2.05) is 17.0 Å². The van der Waals surface area contributed by atoms with E-state index >= 15 is 0 Å². The number of aromatic amines is 1. The first-order valence-corrected chi connectivity index (χ1v) is 8.28. The van der Waals surface area contributed by atoms with E-state index in [1.165, 1.54) is 0 Å². The molecule has 0 radical (unpaired) electrons. The normalized spacial score (nSPS) is 18.8. The van der Waals surface area contributed by atoms with E-state index in [2.05, 4.69) is 36.0 Å². The number of hydrogen-bond donors (Lipinski definition) is 1. The van der Waals surface area contributed by atoms with Crippen molar-refractivity contribution in [2.45, 2.75) is 45.1 Å². The Kier molecular flexibility index (Phi) is 4.71. The molecule has 1 atom stereocenters. The van der Waals surface area contributed by atoms with Crippen LogP contribution in [-0.2, 0) is 21.4 Å². The van der Waals surface area contributed by atoms with Gasteiger partial charge in [0.1, 0.15) is 11.9 Å². The van der Waals surface area contributed by atoms with Gasteiger partial charge in [0.25, 0.3) is 0 Å². The van der Waals surface area contributed by atoms with E-state index < -0.39 is 0 Å². The van der Waals surface area contributed by atoms with Gasteiger partial charge in [0, 0.05) is 24.8 Å². The number of carbonyl (C=O) groups excluding carboxylic acids is 1. The van der Waals surface area contributed by atoms with Crippen LogP contribution >= 0.6 is 0 Å². The molecule has 1 N–H and O–H groups in total. The van der Waals surface area contributed by atoms with Gasteiger partial charge in [0.05, 0.1) is 19.4 Å². The van der Waals surface area contributed by atoms with Gasteiger partial charge < -0.3 is 14.1 Å². The lowest BCUT2D eigenvalue weighted by Gasteiger charge is -2.32. The van der Waals surface area contributed by atoms with Gasteiger partial charge in [-0.1, -0.05) is 20.8 Å². The first-order valence-electron chi connectivity index (χ1n) is 8.28. The highest BCUT2D eigenvalue weighted by Crippen LogP contribution is 2.23. The molecule has 0 aliphatic carbocycles. The molecule has 2 aromatic heterocycles. The summed E-state index contributed by atoms with van der Waals surface area (Å²) in [5.41, 5.74) is -0.123. The summed E-state index contributed by atoms with van der Waals surface area (Å²) in [5, 5.41) is 7.23. The Labute approximate surface area is 141 Å². The lowest BCUT2D eigenvalue weighted by atomic mass is 9.96. The summed E-state index contributed by atoms with van der Waals surface area (Å²) in [6.45, 7) is 7.79. The van der Waals surface area contributed by atoms with Crippen LogP contribution in [0.5, 0.6) is 0 Å². The molecule has 1 saturated heterocycles. The van der Waals surface area contributed by atoms with Crippen molar-refractivity contribution in [2.24, 2.45) is 0 Å². The third-order valence-corrected chi connectivity index (χ3v) is 4.06. The number of nitrogens with one attached hydrogen (secondary N) is 1. The third kappa shape index (κ3) is 3.84. The first kappa shape index (κ1) is 16.7. The van der Waals surface area contributed by atoms with E-state index in [0.717, 1.165) is 11.6 Å². The molecule has 0 bridgehead atoms. The van der Waals surface area contributed by atoms with E-state index in [0.29, 0.717) is 38.4 Å². The van der Waals surface area contributed by atoms with Crippen LogP contribution in [0.15, 0.2) is 22.8 Å². The Morgan fingerprint density at radius 3 is 2.96 bits per heavy atom. The van der Waals surface area contributed by atoms with Crippen molar-refractivity contribution in [3.63, 3.8) is 0 Å². The predicted octanol–water partition coefficient (Wildman–Crippen LogP) is 2.23. The van der Waals surface area contributed by atoms with E-state index in [-0.39, 0.29) is 17.4 Å². The second-order valence-corrected chi connectivity index (χ2v) is 7.07. The van der Waals surface area contributed by atoms with Crippen LogP contribution in [0, 0.1) is 0 Å². The van der Waals surface area contributed by atoms with Gasteiger partial charge >= 0.3 is 0 Å². The predicted molar refractivity (Wildman–Crippen MR) is 87.4 cm³/mol. The molecule has 7 nitrogen and oxygen atoms in total. The number of amides is 1. The largest absolute Gasteiger partial charge is 0.469 e. The molecule has 0 unspecified atom stereocenters. The summed E-state index contributed by atoms with van der Waals surface area (Å²) >= 11 is 0. The number of H-pyrrole nitrogens is 1. The minimum atomic E-state index is -0.255. The monoisotopic (exact) mass is 332 g/mol. The van der Waals surface area contributed by atoms with Crippen molar-refractivity contribution < 1.29 is 13.9 Å². The highest BCUT2D eigenvalue weighted by molar-refractivity contribution is 5.76. The summed E-state index contributed by atoms with van der Waals surface area (Å²) in [7, 11) is 0. The van der Waals surface area contributed by atoms with E-state index in [9.17, 15) is 4.79 Å². The highest BCUT2D eigenvalue weighted by Gasteiger charge is 2.29. The molecule has 1 aliphatic heterocycles. The fraction of sp³-hybridized carbons (Fsp3) is 0.588. The molecule has 1 aliphatic rings. The van der Waals surface area contributed by atoms with Crippen LogP contribution < -0.4 is 0 Å². The molecule has 0 aromatic carbocycles. The smallest absolute Gasteiger partial charge is 0.223 e. The van der Waals surface area contributed by atoms with Crippen LogP contribution in [0.1, 0.15) is 50.7 Å². The standard InChI is InChI=1S/C17H24N4O3/c1-17(2,3)16-18-15(19-20-16)13-11-21(8-10-24-13)14(22)7-6-12-5-4-9-23-12/h4-5,9,13H,6-8,10-11H2,1-3H3,(H,18,19,20)/t13-/m0/s1. The maximum atomic E-state index is 12.4. The van der Waals surface area contributed by atoms with Crippen LogP contribution in [0.25, 0.3) is 0 Å². The fourth-order valence-electron chi connectivity index (χ4n) is 2.64. The Balaban J connectivity index is 1.59. The number of carbonyl (C=O) groups is 1. The molecule has 3 rings (SSSR count). The van der Waals surface area contributed by atoms with E-state index in [1.54, 1.807) is 6.26 Å². The number of hydrogen-bond acceptors (Lipinski definition) is 5. The van der Waals surface area contributed by atoms with E-state index in [4.69, 9.17) is 9.15 Å². The highest BCUT2D eigenvalue weighted by atomic mass is 16.5. The van der Waals surface area contributed by atoms with Crippen LogP contribution in [0.2, 0.25) is 0 Å². The van der Waals surface area contributed by atoms with Gasteiger partial charge in [-0.2, -0.15) is 5.10 Å². The maximum Gasteiger partial charge on any atom is 0.223 e. The molecule has 130 valence electrons. The summed E-state index contributed by atoms with van der Waals surface area (Å²) in [4.78, 5) is 18.8. The molecular weight excluding hydrogens is 308 g/mol. The number of morpholine rings is 1. The van der Waals surface area contributed by atoms with Crippen LogP contribution in [0.4, 0.5) is 0 Å². The second kappa shape index (κ2) is 6.76. The van der Waals surface area contributed by atoms with Gasteiger partial charge in [-0.25, -0.2) is 4.98 Å². The zero-order chi connectivity index (χ0) is 17.2. The molecule has 2 aromatic rings. The number of furan rings is 1. The quantitative estimate of drug-likeness (QED) is 0.928. The summed E-state index contributed by atoms with van der Waals surface area (Å²) < 4.78 is 11.1. The number of aromatic nitrogens is 3. The molecular formula is C17H24N4O3. The molecule has 0 saturated carbocycles. The SMILES string of the molecule is CC(C)(C)c1n[nH]c([C@@H]2CN(C(=O)CCc3ccco3)CCO2)n1. The molecule has 0 spiro atoms. The lowest BCUT2D eigenvalue weighted by molar-refractivity contribution is -0.139. The number of ether oxygens (including phenoxy) is 1. The molecule has 1 amide bonds. The molecule has 3 heterocycles. The maximum absolute atomic E-state index is 12.4. The number of rotatable bonds is 4. The van der Waals surface area contributed by atoms with Crippen LogP contribution in [-0.4, -0.2) is 45.7 Å². The third-order valence-electron chi connectivity index (χ3n) is 4.06. The summed E-state index contributed by atoms with van der Waals surface area (Å²) in [5.74, 6) is 2.37. The average molecular weight is 332 g/mol. The fourth-order valence-corrected chi connectivity index (χ4v) is 2.64. The number of aryl methyl sites for hydroxylation is 1. The van der Waals surface area contributed by atoms with Gasteiger partial charge in [-0.3, -0.25) is 9.89 Å². The minimum absolute atomic E-state index is 0.107. The van der Waals surface area contributed by atoms with Gasteiger partial charge in [-0.05, 0) is 12.1 Å². The Bertz CT molecular complexity index is 672. The second-order valence-electron chi connectivity index (χ2n) is 7.07. The van der Waals surface area contributed by atoms with Crippen molar-refractivity contribution in [1.82, 2.24) is 20.1 Å². The zero-order valence-electron chi connectivity index (χ0n) is 14.4. The minimum Gasteiger partial charge on any atom is -0.469 e. The van der Waals surface area contributed by atoms with Gasteiger partial charge in [0.2, 0.25) is 5.91 Å². The topological polar surface area (TPSA) is 84.2 Å². The number of nitrogens with zero attached hydrogens (tertiary/aromatic N) is 3. The van der Waals surface area contributed by atoms with Crippen molar-refractivity contribution in [2.75, 3.05) is 19.7 Å². The Hall–Kier alpha value is -2.15. The van der Waals surface area contributed by atoms with Crippen molar-refractivity contribution in [1.29, 1.82) is 0 Å². The van der Waals surface area contributed by atoms with Crippen molar-refractivity contribution in [3.05, 3.63) is 35.8 Å². The van der Waals surface area contributed by atoms with Gasteiger partial charge in [0.15, 0.2) is 11.6 Å². The lowest BCUT2D eigenvalue weighted by Crippen LogP contribution is -2.42. The first-order chi connectivity index (χ1) is 11.4. The average Bonchev–Trinajstić information content (AvgIpc) is 3.23. The summed E-state index contributed by atoms with van der Waals surface area (Å²) in [6.07, 6.45) is 2.42. The Morgan fingerprint density at radius 2 is 2.29 bits per heavy atom. The molecule has 7 heteroatoms. The van der Waals surface area contributed by atoms with Gasteiger partial charge in [-0.15, -0.1) is 0 Å². The molecule has 1 fully saturated rings. The zero-order valence-corrected chi connectivity index (χ0v) is 14.4. The Morgan fingerprint density at radius 1 is 1.46 bits per heavy atom. The molecule has 24 heavy (non-hydrogen) atoms. The van der Waals surface area contributed by atoms with Crippen LogP contribution in [0.3, 0.4) is 0 Å². The van der Waals surface area contributed by atoms with Crippen molar-refractivity contribution in [3.8, 4) is 0 Å².